The summed E-state index contributed by atoms with van der Waals surface area (Å²) in [5.41, 5.74) is 2.95. The molecule has 9 nitrogen and oxygen atoms in total. The van der Waals surface area contributed by atoms with E-state index in [-0.39, 0.29) is 5.97 Å². The summed E-state index contributed by atoms with van der Waals surface area (Å²) in [7, 11) is 0. The van der Waals surface area contributed by atoms with Gasteiger partial charge in [0.25, 0.3) is 0 Å². The van der Waals surface area contributed by atoms with Crippen LogP contribution in [-0.4, -0.2) is 65.3 Å². The van der Waals surface area contributed by atoms with E-state index in [9.17, 15) is 4.79 Å². The normalized spacial score (nSPS) is 16.8. The molecule has 9 heteroatoms. The third-order valence-electron chi connectivity index (χ3n) is 7.03. The number of nitrogens with one attached hydrogen (secondary N) is 3. The second kappa shape index (κ2) is 12.1. The quantitative estimate of drug-likeness (QED) is 0.332. The van der Waals surface area contributed by atoms with Gasteiger partial charge in [0, 0.05) is 49.9 Å². The van der Waals surface area contributed by atoms with E-state index in [1.165, 1.54) is 17.7 Å². The first kappa shape index (κ1) is 27.8. The molecule has 4 heterocycles. The van der Waals surface area contributed by atoms with Gasteiger partial charge in [0.2, 0.25) is 0 Å². The fraction of sp³-hybridized carbons (Fsp3) is 0.586. The SMILES string of the molecule is C=CCNC(CNc1nc(C)nc(N2CCC(c3ccc4c(n3)NCCC4)CC2)c1C)C(=O)OC(C)(C)C. The third-order valence-corrected chi connectivity index (χ3v) is 7.03. The summed E-state index contributed by atoms with van der Waals surface area (Å²) < 4.78 is 5.61. The van der Waals surface area contributed by atoms with Gasteiger partial charge in [-0.2, -0.15) is 0 Å². The molecular weight excluding hydrogens is 478 g/mol. The number of pyridine rings is 1. The van der Waals surface area contributed by atoms with Gasteiger partial charge in [0.05, 0.1) is 0 Å². The Morgan fingerprint density at radius 1 is 1.24 bits per heavy atom. The average molecular weight is 522 g/mol. The van der Waals surface area contributed by atoms with Crippen molar-refractivity contribution < 1.29 is 9.53 Å². The number of aryl methyl sites for hydroxylation is 2. The number of fused-ring (bicyclic) bond motifs is 1. The molecule has 0 bridgehead atoms. The van der Waals surface area contributed by atoms with Crippen molar-refractivity contribution in [3.05, 3.63) is 47.4 Å². The molecule has 3 N–H and O–H groups in total. The first-order valence-electron chi connectivity index (χ1n) is 13.8. The van der Waals surface area contributed by atoms with Gasteiger partial charge in [-0.3, -0.25) is 10.1 Å². The Labute approximate surface area is 226 Å². The summed E-state index contributed by atoms with van der Waals surface area (Å²) in [6.07, 6.45) is 6.08. The second-order valence-corrected chi connectivity index (χ2v) is 11.3. The maximum atomic E-state index is 12.8. The van der Waals surface area contributed by atoms with Crippen LogP contribution < -0.4 is 20.9 Å². The Balaban J connectivity index is 1.42. The van der Waals surface area contributed by atoms with E-state index in [1.54, 1.807) is 6.08 Å². The first-order chi connectivity index (χ1) is 18.1. The summed E-state index contributed by atoms with van der Waals surface area (Å²) >= 11 is 0. The van der Waals surface area contributed by atoms with Crippen LogP contribution in [0.5, 0.6) is 0 Å². The molecule has 1 saturated heterocycles. The molecular formula is C29H43N7O2. The molecule has 2 aromatic heterocycles. The van der Waals surface area contributed by atoms with E-state index in [2.05, 4.69) is 44.5 Å². The number of esters is 1. The summed E-state index contributed by atoms with van der Waals surface area (Å²) in [6, 6.07) is 3.94. The van der Waals surface area contributed by atoms with Crippen LogP contribution in [0.3, 0.4) is 0 Å². The highest BCUT2D eigenvalue weighted by Gasteiger charge is 2.27. The smallest absolute Gasteiger partial charge is 0.325 e. The van der Waals surface area contributed by atoms with Crippen LogP contribution in [0.15, 0.2) is 24.8 Å². The minimum Gasteiger partial charge on any atom is -0.459 e. The zero-order valence-corrected chi connectivity index (χ0v) is 23.6. The molecule has 0 spiro atoms. The lowest BCUT2D eigenvalue weighted by atomic mass is 9.92. The molecule has 206 valence electrons. The molecule has 2 aliphatic heterocycles. The largest absolute Gasteiger partial charge is 0.459 e. The minimum absolute atomic E-state index is 0.302. The molecule has 0 aliphatic carbocycles. The molecule has 0 aromatic carbocycles. The highest BCUT2D eigenvalue weighted by Crippen LogP contribution is 2.33. The molecule has 38 heavy (non-hydrogen) atoms. The summed E-state index contributed by atoms with van der Waals surface area (Å²) in [5, 5.41) is 10.0. The number of hydrogen-bond donors (Lipinski definition) is 3. The molecule has 2 aromatic rings. The van der Waals surface area contributed by atoms with Crippen LogP contribution in [-0.2, 0) is 16.0 Å². The lowest BCUT2D eigenvalue weighted by Crippen LogP contribution is -2.45. The van der Waals surface area contributed by atoms with Crippen molar-refractivity contribution in [3.63, 3.8) is 0 Å². The lowest BCUT2D eigenvalue weighted by molar-refractivity contribution is -0.157. The van der Waals surface area contributed by atoms with Crippen molar-refractivity contribution in [2.75, 3.05) is 48.3 Å². The van der Waals surface area contributed by atoms with E-state index in [4.69, 9.17) is 14.7 Å². The Morgan fingerprint density at radius 2 is 2.00 bits per heavy atom. The summed E-state index contributed by atoms with van der Waals surface area (Å²) in [4.78, 5) is 29.5. The fourth-order valence-corrected chi connectivity index (χ4v) is 5.09. The molecule has 1 atom stereocenters. The number of piperidine rings is 1. The molecule has 0 radical (unpaired) electrons. The number of rotatable bonds is 9. The van der Waals surface area contributed by atoms with E-state index in [1.807, 2.05) is 34.6 Å². The highest BCUT2D eigenvalue weighted by atomic mass is 16.6. The van der Waals surface area contributed by atoms with Crippen molar-refractivity contribution in [2.24, 2.45) is 0 Å². The fourth-order valence-electron chi connectivity index (χ4n) is 5.09. The number of nitrogens with zero attached hydrogens (tertiary/aromatic N) is 4. The number of hydrogen-bond acceptors (Lipinski definition) is 9. The van der Waals surface area contributed by atoms with Gasteiger partial charge in [0.15, 0.2) is 0 Å². The van der Waals surface area contributed by atoms with Crippen LogP contribution in [0.25, 0.3) is 0 Å². The lowest BCUT2D eigenvalue weighted by Gasteiger charge is -2.34. The maximum absolute atomic E-state index is 12.8. The molecule has 1 fully saturated rings. The third kappa shape index (κ3) is 7.01. The van der Waals surface area contributed by atoms with Gasteiger partial charge in [0.1, 0.15) is 34.9 Å². The molecule has 4 rings (SSSR count). The Morgan fingerprint density at radius 3 is 2.71 bits per heavy atom. The molecule has 1 unspecified atom stereocenters. The number of anilines is 3. The van der Waals surface area contributed by atoms with Gasteiger partial charge < -0.3 is 20.3 Å². The molecule has 2 aliphatic rings. The van der Waals surface area contributed by atoms with Crippen molar-refractivity contribution in [2.45, 2.75) is 77.9 Å². The number of carbonyl (C=O) groups excluding carboxylic acids is 1. The van der Waals surface area contributed by atoms with Crippen LogP contribution in [0.2, 0.25) is 0 Å². The predicted molar refractivity (Wildman–Crippen MR) is 153 cm³/mol. The van der Waals surface area contributed by atoms with Crippen molar-refractivity contribution in [1.82, 2.24) is 20.3 Å². The standard InChI is InChI=1S/C29H43N7O2/c1-7-14-30-24(28(37)38-29(4,5)6)18-32-25-19(2)27(34-20(3)33-25)36-16-12-21(13-17-36)23-11-10-22-9-8-15-31-26(22)35-23/h7,10-11,21,24,30H,1,8-9,12-18H2,2-6H3,(H,31,35)(H,32,33,34). The first-order valence-corrected chi connectivity index (χ1v) is 13.8. The zero-order valence-electron chi connectivity index (χ0n) is 23.6. The Kier molecular flexibility index (Phi) is 8.87. The van der Waals surface area contributed by atoms with Crippen molar-refractivity contribution in [1.29, 1.82) is 0 Å². The van der Waals surface area contributed by atoms with E-state index < -0.39 is 11.6 Å². The summed E-state index contributed by atoms with van der Waals surface area (Å²) in [5.74, 6) is 3.61. The van der Waals surface area contributed by atoms with Crippen LogP contribution in [0, 0.1) is 13.8 Å². The van der Waals surface area contributed by atoms with Crippen LogP contribution in [0.4, 0.5) is 17.5 Å². The zero-order chi connectivity index (χ0) is 27.3. The van der Waals surface area contributed by atoms with Crippen LogP contribution in [0.1, 0.15) is 68.6 Å². The average Bonchev–Trinajstić information content (AvgIpc) is 2.89. The summed E-state index contributed by atoms with van der Waals surface area (Å²) in [6.45, 7) is 17.0. The maximum Gasteiger partial charge on any atom is 0.325 e. The van der Waals surface area contributed by atoms with Gasteiger partial charge in [-0.05, 0) is 71.9 Å². The Hall–Kier alpha value is -3.20. The Bertz CT molecular complexity index is 1140. The van der Waals surface area contributed by atoms with E-state index in [0.29, 0.717) is 24.8 Å². The number of carbonyl (C=O) groups is 1. The predicted octanol–water partition coefficient (Wildman–Crippen LogP) is 4.13. The molecule has 0 saturated carbocycles. The number of ether oxygens (including phenoxy) is 1. The van der Waals surface area contributed by atoms with Crippen molar-refractivity contribution in [3.8, 4) is 0 Å². The monoisotopic (exact) mass is 521 g/mol. The molecule has 0 amide bonds. The van der Waals surface area contributed by atoms with Crippen LogP contribution >= 0.6 is 0 Å². The second-order valence-electron chi connectivity index (χ2n) is 11.3. The highest BCUT2D eigenvalue weighted by molar-refractivity contribution is 5.77. The van der Waals surface area contributed by atoms with Gasteiger partial charge in [-0.25, -0.2) is 15.0 Å². The van der Waals surface area contributed by atoms with E-state index in [0.717, 1.165) is 61.9 Å². The topological polar surface area (TPSA) is 104 Å². The van der Waals surface area contributed by atoms with Crippen molar-refractivity contribution >= 4 is 23.4 Å². The van der Waals surface area contributed by atoms with E-state index >= 15 is 0 Å². The van der Waals surface area contributed by atoms with Gasteiger partial charge in [-0.1, -0.05) is 12.1 Å². The van der Waals surface area contributed by atoms with Gasteiger partial charge >= 0.3 is 5.97 Å². The van der Waals surface area contributed by atoms with Gasteiger partial charge in [-0.15, -0.1) is 6.58 Å². The number of aromatic nitrogens is 3. The minimum atomic E-state index is -0.558.